The number of hydrogen-bond donors (Lipinski definition) is 1. The van der Waals surface area contributed by atoms with Gasteiger partial charge in [0.2, 0.25) is 0 Å². The van der Waals surface area contributed by atoms with Crippen LogP contribution in [0.1, 0.15) is 0 Å². The van der Waals surface area contributed by atoms with Crippen LogP contribution in [-0.4, -0.2) is 36.5 Å². The van der Waals surface area contributed by atoms with Gasteiger partial charge >= 0.3 is 11.9 Å². The van der Waals surface area contributed by atoms with Crippen LogP contribution >= 0.6 is 0 Å². The summed E-state index contributed by atoms with van der Waals surface area (Å²) in [6.07, 6.45) is 0.992. The Labute approximate surface area is 86.7 Å². The molecule has 15 heavy (non-hydrogen) atoms. The molecule has 0 aliphatic rings. The SMILES string of the molecule is C=CC(=O)OCC(COC(=O)C=C)OO. The first-order valence-corrected chi connectivity index (χ1v) is 4.02. The van der Waals surface area contributed by atoms with Gasteiger partial charge in [0.25, 0.3) is 0 Å². The predicted octanol–water partition coefficient (Wildman–Crippen LogP) is 0.303. The van der Waals surface area contributed by atoms with E-state index in [1.54, 1.807) is 0 Å². The molecule has 0 fully saturated rings. The molecular weight excluding hydrogens is 204 g/mol. The maximum Gasteiger partial charge on any atom is 0.330 e. The Morgan fingerprint density at radius 3 is 1.80 bits per heavy atom. The molecule has 0 aromatic carbocycles. The van der Waals surface area contributed by atoms with E-state index in [1.807, 2.05) is 0 Å². The lowest BCUT2D eigenvalue weighted by atomic mass is 10.4. The molecule has 0 unspecified atom stereocenters. The maximum atomic E-state index is 10.6. The Morgan fingerprint density at radius 2 is 1.53 bits per heavy atom. The second-order valence-corrected chi connectivity index (χ2v) is 2.40. The Hall–Kier alpha value is -1.66. The summed E-state index contributed by atoms with van der Waals surface area (Å²) in [6.45, 7) is 5.86. The molecule has 0 heterocycles. The molecule has 0 aliphatic carbocycles. The van der Waals surface area contributed by atoms with Crippen LogP contribution in [0, 0.1) is 0 Å². The highest BCUT2D eigenvalue weighted by molar-refractivity contribution is 5.81. The Bertz CT molecular complexity index is 223. The molecule has 0 amide bonds. The Kier molecular flexibility index (Phi) is 6.86. The van der Waals surface area contributed by atoms with Crippen molar-refractivity contribution >= 4 is 11.9 Å². The van der Waals surface area contributed by atoms with Crippen molar-refractivity contribution in [3.05, 3.63) is 25.3 Å². The summed E-state index contributed by atoms with van der Waals surface area (Å²) in [7, 11) is 0. The Balaban J connectivity index is 3.82. The molecule has 0 rings (SSSR count). The number of carbonyl (C=O) groups is 2. The first-order valence-electron chi connectivity index (χ1n) is 4.02. The molecule has 0 saturated carbocycles. The number of carbonyl (C=O) groups excluding carboxylic acids is 2. The molecular formula is C9H12O6. The second-order valence-electron chi connectivity index (χ2n) is 2.40. The fourth-order valence-electron chi connectivity index (χ4n) is 0.577. The highest BCUT2D eigenvalue weighted by Gasteiger charge is 2.13. The minimum atomic E-state index is -0.933. The summed E-state index contributed by atoms with van der Waals surface area (Å²) in [5.74, 6) is -1.32. The summed E-state index contributed by atoms with van der Waals surface area (Å²) < 4.78 is 9.10. The minimum Gasteiger partial charge on any atom is -0.460 e. The second kappa shape index (κ2) is 7.72. The normalized spacial score (nSPS) is 9.47. The van der Waals surface area contributed by atoms with Gasteiger partial charge < -0.3 is 9.47 Å². The van der Waals surface area contributed by atoms with Crippen LogP contribution in [0.5, 0.6) is 0 Å². The first kappa shape index (κ1) is 13.3. The third-order valence-corrected chi connectivity index (χ3v) is 1.31. The van der Waals surface area contributed by atoms with E-state index < -0.39 is 18.0 Å². The molecule has 84 valence electrons. The predicted molar refractivity (Wildman–Crippen MR) is 49.8 cm³/mol. The van der Waals surface area contributed by atoms with E-state index in [1.165, 1.54) is 0 Å². The maximum absolute atomic E-state index is 10.6. The summed E-state index contributed by atoms with van der Waals surface area (Å²) >= 11 is 0. The molecule has 6 heteroatoms. The van der Waals surface area contributed by atoms with Gasteiger partial charge in [0.1, 0.15) is 13.2 Å². The summed E-state index contributed by atoms with van der Waals surface area (Å²) in [5.41, 5.74) is 0. The van der Waals surface area contributed by atoms with Crippen molar-refractivity contribution in [2.24, 2.45) is 0 Å². The molecule has 0 atom stereocenters. The fourth-order valence-corrected chi connectivity index (χ4v) is 0.577. The zero-order valence-corrected chi connectivity index (χ0v) is 8.05. The standard InChI is InChI=1S/C9H12O6/c1-3-8(10)13-5-7(15-12)6-14-9(11)4-2/h3-4,7,12H,1-2,5-6H2. The lowest BCUT2D eigenvalue weighted by Gasteiger charge is -2.12. The summed E-state index contributed by atoms with van der Waals surface area (Å²) in [5, 5.41) is 8.36. The van der Waals surface area contributed by atoms with E-state index in [4.69, 9.17) is 5.26 Å². The van der Waals surface area contributed by atoms with Gasteiger partial charge in [-0.1, -0.05) is 13.2 Å². The van der Waals surface area contributed by atoms with E-state index in [0.29, 0.717) is 0 Å². The van der Waals surface area contributed by atoms with Crippen LogP contribution in [-0.2, 0) is 24.0 Å². The van der Waals surface area contributed by atoms with Gasteiger partial charge in [-0.15, -0.1) is 0 Å². The van der Waals surface area contributed by atoms with E-state index in [-0.39, 0.29) is 13.2 Å². The van der Waals surface area contributed by atoms with Gasteiger partial charge in [0, 0.05) is 12.2 Å². The van der Waals surface area contributed by atoms with Crippen LogP contribution in [0.4, 0.5) is 0 Å². The van der Waals surface area contributed by atoms with Crippen molar-refractivity contribution in [1.29, 1.82) is 0 Å². The lowest BCUT2D eigenvalue weighted by Crippen LogP contribution is -2.26. The Morgan fingerprint density at radius 1 is 1.13 bits per heavy atom. The lowest BCUT2D eigenvalue weighted by molar-refractivity contribution is -0.292. The molecule has 0 saturated heterocycles. The van der Waals surface area contributed by atoms with Crippen LogP contribution in [0.25, 0.3) is 0 Å². The molecule has 6 nitrogen and oxygen atoms in total. The van der Waals surface area contributed by atoms with Crippen molar-refractivity contribution in [3.63, 3.8) is 0 Å². The van der Waals surface area contributed by atoms with Crippen LogP contribution < -0.4 is 0 Å². The van der Waals surface area contributed by atoms with Crippen molar-refractivity contribution < 1.29 is 29.2 Å². The van der Waals surface area contributed by atoms with Crippen molar-refractivity contribution in [2.75, 3.05) is 13.2 Å². The molecule has 0 spiro atoms. The van der Waals surface area contributed by atoms with E-state index in [2.05, 4.69) is 27.5 Å². The molecule has 0 radical (unpaired) electrons. The third-order valence-electron chi connectivity index (χ3n) is 1.31. The third kappa shape index (κ3) is 6.42. The van der Waals surface area contributed by atoms with Crippen molar-refractivity contribution in [2.45, 2.75) is 6.10 Å². The van der Waals surface area contributed by atoms with E-state index >= 15 is 0 Å². The van der Waals surface area contributed by atoms with Crippen molar-refractivity contribution in [3.8, 4) is 0 Å². The highest BCUT2D eigenvalue weighted by Crippen LogP contribution is 1.94. The topological polar surface area (TPSA) is 82.1 Å². The van der Waals surface area contributed by atoms with Crippen molar-refractivity contribution in [1.82, 2.24) is 0 Å². The first-order chi connectivity index (χ1) is 7.13. The molecule has 0 bridgehead atoms. The van der Waals surface area contributed by atoms with E-state index in [9.17, 15) is 9.59 Å². The summed E-state index contributed by atoms with van der Waals surface area (Å²) in [6, 6.07) is 0. The van der Waals surface area contributed by atoms with Crippen LogP contribution in [0.3, 0.4) is 0 Å². The summed E-state index contributed by atoms with van der Waals surface area (Å²) in [4.78, 5) is 25.2. The van der Waals surface area contributed by atoms with Gasteiger partial charge in [-0.2, -0.15) is 0 Å². The molecule has 0 aliphatic heterocycles. The molecule has 0 aromatic rings. The average molecular weight is 216 g/mol. The number of hydrogen-bond acceptors (Lipinski definition) is 6. The van der Waals surface area contributed by atoms with Gasteiger partial charge in [0.05, 0.1) is 0 Å². The van der Waals surface area contributed by atoms with E-state index in [0.717, 1.165) is 12.2 Å². The zero-order valence-electron chi connectivity index (χ0n) is 8.05. The van der Waals surface area contributed by atoms with Crippen LogP contribution in [0.2, 0.25) is 0 Å². The van der Waals surface area contributed by atoms with Crippen LogP contribution in [0.15, 0.2) is 25.3 Å². The van der Waals surface area contributed by atoms with Gasteiger partial charge in [0.15, 0.2) is 6.10 Å². The smallest absolute Gasteiger partial charge is 0.330 e. The highest BCUT2D eigenvalue weighted by atomic mass is 17.1. The fraction of sp³-hybridized carbons (Fsp3) is 0.333. The van der Waals surface area contributed by atoms with Gasteiger partial charge in [-0.3, -0.25) is 5.26 Å². The quantitative estimate of drug-likeness (QED) is 0.285. The number of esters is 2. The molecule has 0 aromatic heterocycles. The average Bonchev–Trinajstić information content (AvgIpc) is 2.28. The molecule has 1 N–H and O–H groups in total. The monoisotopic (exact) mass is 216 g/mol. The van der Waals surface area contributed by atoms with Gasteiger partial charge in [-0.05, 0) is 0 Å². The zero-order chi connectivity index (χ0) is 11.7. The largest absolute Gasteiger partial charge is 0.460 e. The minimum absolute atomic E-state index is 0.244. The number of rotatable bonds is 7. The number of ether oxygens (including phenoxy) is 2. The van der Waals surface area contributed by atoms with Gasteiger partial charge in [-0.25, -0.2) is 14.5 Å².